The third kappa shape index (κ3) is 4.83. The summed E-state index contributed by atoms with van der Waals surface area (Å²) in [6.07, 6.45) is 10.7. The van der Waals surface area contributed by atoms with Crippen molar-refractivity contribution in [2.75, 3.05) is 13.1 Å². The van der Waals surface area contributed by atoms with Gasteiger partial charge in [-0.3, -0.25) is 14.6 Å². The van der Waals surface area contributed by atoms with Gasteiger partial charge in [0.25, 0.3) is 5.56 Å². The number of hydrogen-bond acceptors (Lipinski definition) is 4. The number of hydrogen-bond donors (Lipinski definition) is 1. The maximum Gasteiger partial charge on any atom is 0.250 e. The fourth-order valence-corrected chi connectivity index (χ4v) is 5.75. The Morgan fingerprint density at radius 3 is 2.78 bits per heavy atom. The highest BCUT2D eigenvalue weighted by Gasteiger charge is 2.40. The third-order valence-corrected chi connectivity index (χ3v) is 7.91. The Morgan fingerprint density at radius 2 is 2.00 bits per heavy atom. The molecule has 2 atom stereocenters. The molecule has 7 heteroatoms. The normalized spacial score (nSPS) is 19.7. The molecule has 0 radical (unpaired) electrons. The molecule has 0 unspecified atom stereocenters. The van der Waals surface area contributed by atoms with E-state index in [9.17, 15) is 9.59 Å². The van der Waals surface area contributed by atoms with Crippen molar-refractivity contribution in [2.24, 2.45) is 13.0 Å². The maximum atomic E-state index is 14.1. The molecule has 1 amide bonds. The second-order valence-electron chi connectivity index (χ2n) is 10.5. The zero-order valence-corrected chi connectivity index (χ0v) is 21.2. The highest BCUT2D eigenvalue weighted by atomic mass is 16.2. The number of para-hydroxylation sites is 1. The maximum absolute atomic E-state index is 14.1. The van der Waals surface area contributed by atoms with Gasteiger partial charge >= 0.3 is 0 Å². The SMILES string of the molecule is Cn1ccc([C@@H]2CCNC[C@H]2C(=O)N(Cc2cn(Cc3cccnc3)c3ccccc23)C2CC2)cc1=O. The molecular weight excluding hydrogens is 462 g/mol. The Bertz CT molecular complexity index is 1470. The van der Waals surface area contributed by atoms with Gasteiger partial charge in [0.15, 0.2) is 0 Å². The van der Waals surface area contributed by atoms with Crippen LogP contribution in [0.1, 0.15) is 41.9 Å². The summed E-state index contributed by atoms with van der Waals surface area (Å²) < 4.78 is 3.85. The van der Waals surface area contributed by atoms with Crippen LogP contribution in [0.3, 0.4) is 0 Å². The molecular formula is C30H33N5O2. The lowest BCUT2D eigenvalue weighted by atomic mass is 9.80. The molecule has 6 rings (SSSR count). The smallest absolute Gasteiger partial charge is 0.250 e. The number of benzene rings is 1. The van der Waals surface area contributed by atoms with Gasteiger partial charge in [0.1, 0.15) is 0 Å². The van der Waals surface area contributed by atoms with Crippen LogP contribution in [0.2, 0.25) is 0 Å². The van der Waals surface area contributed by atoms with Crippen LogP contribution in [0.5, 0.6) is 0 Å². The van der Waals surface area contributed by atoms with Crippen LogP contribution in [0.15, 0.2) is 78.1 Å². The number of carbonyl (C=O) groups is 1. The van der Waals surface area contributed by atoms with Crippen LogP contribution in [0.25, 0.3) is 10.9 Å². The molecule has 1 aliphatic carbocycles. The number of aromatic nitrogens is 3. The lowest BCUT2D eigenvalue weighted by Crippen LogP contribution is -2.47. The fraction of sp³-hybridized carbons (Fsp3) is 0.367. The number of rotatable bonds is 7. The number of pyridine rings is 2. The van der Waals surface area contributed by atoms with Gasteiger partial charge in [-0.15, -0.1) is 0 Å². The van der Waals surface area contributed by atoms with Crippen molar-refractivity contribution in [3.05, 3.63) is 100 Å². The predicted octanol–water partition coefficient (Wildman–Crippen LogP) is 3.67. The number of nitrogens with one attached hydrogen (secondary N) is 1. The average Bonchev–Trinajstić information content (AvgIpc) is 3.72. The van der Waals surface area contributed by atoms with Crippen molar-refractivity contribution in [1.82, 2.24) is 24.3 Å². The third-order valence-electron chi connectivity index (χ3n) is 7.91. The van der Waals surface area contributed by atoms with Crippen molar-refractivity contribution in [2.45, 2.75) is 44.3 Å². The zero-order chi connectivity index (χ0) is 25.4. The molecule has 7 nitrogen and oxygen atoms in total. The number of fused-ring (bicyclic) bond motifs is 1. The van der Waals surface area contributed by atoms with Gasteiger partial charge in [-0.25, -0.2) is 0 Å². The van der Waals surface area contributed by atoms with Gasteiger partial charge in [0, 0.05) is 74.5 Å². The highest BCUT2D eigenvalue weighted by molar-refractivity contribution is 5.86. The summed E-state index contributed by atoms with van der Waals surface area (Å²) in [6, 6.07) is 16.5. The molecule has 2 aliphatic rings. The molecule has 190 valence electrons. The Kier molecular flexibility index (Phi) is 6.38. The first kappa shape index (κ1) is 23.7. The molecule has 1 aromatic carbocycles. The minimum absolute atomic E-state index is 0.0253. The quantitative estimate of drug-likeness (QED) is 0.425. The number of aryl methyl sites for hydroxylation is 1. The van der Waals surface area contributed by atoms with Gasteiger partial charge in [-0.2, -0.15) is 0 Å². The molecule has 0 bridgehead atoms. The van der Waals surface area contributed by atoms with Gasteiger partial charge in [0.2, 0.25) is 5.91 Å². The lowest BCUT2D eigenvalue weighted by Gasteiger charge is -2.35. The summed E-state index contributed by atoms with van der Waals surface area (Å²) in [4.78, 5) is 32.9. The first-order valence-electron chi connectivity index (χ1n) is 13.2. The van der Waals surface area contributed by atoms with E-state index < -0.39 is 0 Å². The molecule has 3 aromatic heterocycles. The number of piperidine rings is 1. The van der Waals surface area contributed by atoms with Crippen molar-refractivity contribution in [1.29, 1.82) is 0 Å². The fourth-order valence-electron chi connectivity index (χ4n) is 5.75. The molecule has 1 aliphatic heterocycles. The monoisotopic (exact) mass is 495 g/mol. The second kappa shape index (κ2) is 9.98. The van der Waals surface area contributed by atoms with E-state index in [-0.39, 0.29) is 23.3 Å². The molecule has 0 spiro atoms. The summed E-state index contributed by atoms with van der Waals surface area (Å²) in [6.45, 7) is 2.84. The minimum atomic E-state index is -0.176. The van der Waals surface area contributed by atoms with Crippen LogP contribution in [0.4, 0.5) is 0 Å². The first-order valence-corrected chi connectivity index (χ1v) is 13.2. The van der Waals surface area contributed by atoms with Gasteiger partial charge < -0.3 is 19.4 Å². The summed E-state index contributed by atoms with van der Waals surface area (Å²) in [5.74, 6) is 0.0745. The molecule has 1 N–H and O–H groups in total. The number of amides is 1. The van der Waals surface area contributed by atoms with E-state index >= 15 is 0 Å². The number of nitrogens with zero attached hydrogens (tertiary/aromatic N) is 4. The molecule has 2 fully saturated rings. The van der Waals surface area contributed by atoms with Crippen molar-refractivity contribution in [3.63, 3.8) is 0 Å². The first-order chi connectivity index (χ1) is 18.1. The molecule has 1 saturated heterocycles. The average molecular weight is 496 g/mol. The van der Waals surface area contributed by atoms with E-state index in [4.69, 9.17) is 0 Å². The van der Waals surface area contributed by atoms with Crippen LogP contribution >= 0.6 is 0 Å². The van der Waals surface area contributed by atoms with Crippen LogP contribution in [-0.2, 0) is 24.9 Å². The Balaban J connectivity index is 1.30. The summed E-state index contributed by atoms with van der Waals surface area (Å²) >= 11 is 0. The lowest BCUT2D eigenvalue weighted by molar-refractivity contribution is -0.138. The van der Waals surface area contributed by atoms with E-state index in [2.05, 4.69) is 56.3 Å². The minimum Gasteiger partial charge on any atom is -0.343 e. The van der Waals surface area contributed by atoms with Crippen molar-refractivity contribution in [3.8, 4) is 0 Å². The standard InChI is InChI=1S/C30H33N5O2/c1-33-14-11-22(15-29(33)36)25-10-13-32-17-27(25)30(37)35(24-8-9-24)20-23-19-34(18-21-5-4-12-31-16-21)28-7-3-2-6-26(23)28/h2-7,11-12,14-16,19,24-25,27,32H,8-10,13,17-18,20H2,1H3/t25-,27+/m0/s1. The van der Waals surface area contributed by atoms with Gasteiger partial charge in [-0.05, 0) is 66.6 Å². The second-order valence-corrected chi connectivity index (χ2v) is 10.5. The van der Waals surface area contributed by atoms with E-state index in [1.54, 1.807) is 23.9 Å². The van der Waals surface area contributed by atoms with Crippen LogP contribution in [-0.4, -0.2) is 44.1 Å². The predicted molar refractivity (Wildman–Crippen MR) is 144 cm³/mol. The Hall–Kier alpha value is -3.71. The summed E-state index contributed by atoms with van der Waals surface area (Å²) in [5, 5.41) is 4.63. The Labute approximate surface area is 216 Å². The zero-order valence-electron chi connectivity index (χ0n) is 21.2. The molecule has 37 heavy (non-hydrogen) atoms. The molecule has 4 heterocycles. The van der Waals surface area contributed by atoms with E-state index in [0.717, 1.165) is 43.5 Å². The topological polar surface area (TPSA) is 72.2 Å². The summed E-state index contributed by atoms with van der Waals surface area (Å²) in [7, 11) is 1.76. The van der Waals surface area contributed by atoms with Crippen molar-refractivity contribution < 1.29 is 4.79 Å². The van der Waals surface area contributed by atoms with E-state index in [1.807, 2.05) is 24.5 Å². The van der Waals surface area contributed by atoms with Gasteiger partial charge in [0.05, 0.1) is 5.92 Å². The van der Waals surface area contributed by atoms with Crippen LogP contribution < -0.4 is 10.9 Å². The highest BCUT2D eigenvalue weighted by Crippen LogP contribution is 2.36. The van der Waals surface area contributed by atoms with Crippen LogP contribution in [0, 0.1) is 5.92 Å². The number of carbonyl (C=O) groups excluding carboxylic acids is 1. The van der Waals surface area contributed by atoms with Gasteiger partial charge in [-0.1, -0.05) is 24.3 Å². The summed E-state index contributed by atoms with van der Waals surface area (Å²) in [5.41, 5.74) is 4.44. The van der Waals surface area contributed by atoms with E-state index in [0.29, 0.717) is 19.1 Å². The molecule has 1 saturated carbocycles. The van der Waals surface area contributed by atoms with Crippen molar-refractivity contribution >= 4 is 16.8 Å². The van der Waals surface area contributed by atoms with E-state index in [1.165, 1.54) is 16.5 Å². The largest absolute Gasteiger partial charge is 0.343 e. The molecule has 4 aromatic rings. The Morgan fingerprint density at radius 1 is 1.14 bits per heavy atom.